The topological polar surface area (TPSA) is 86.3 Å². The molecule has 9 heteroatoms. The highest BCUT2D eigenvalue weighted by molar-refractivity contribution is 14.0. The lowest BCUT2D eigenvalue weighted by Gasteiger charge is -2.36. The molecule has 0 aromatic heterocycles. The molecule has 2 saturated heterocycles. The molecular weight excluding hydrogens is 533 g/mol. The number of guanidine groups is 1. The van der Waals surface area contributed by atoms with E-state index >= 15 is 0 Å². The summed E-state index contributed by atoms with van der Waals surface area (Å²) in [7, 11) is 0. The Labute approximate surface area is 216 Å². The van der Waals surface area contributed by atoms with Crippen molar-refractivity contribution in [1.82, 2.24) is 20.4 Å². The number of rotatable bonds is 5. The third-order valence-electron chi connectivity index (χ3n) is 6.60. The van der Waals surface area contributed by atoms with Gasteiger partial charge in [0.15, 0.2) is 5.96 Å². The van der Waals surface area contributed by atoms with E-state index < -0.39 is 5.60 Å². The summed E-state index contributed by atoms with van der Waals surface area (Å²) < 4.78 is 5.62. The maximum atomic E-state index is 12.7. The monoisotopic (exact) mass is 577 g/mol. The van der Waals surface area contributed by atoms with Crippen LogP contribution in [0.15, 0.2) is 4.99 Å². The van der Waals surface area contributed by atoms with Crippen molar-refractivity contribution in [3.8, 4) is 0 Å². The van der Waals surface area contributed by atoms with Crippen molar-refractivity contribution in [1.29, 1.82) is 0 Å². The van der Waals surface area contributed by atoms with Gasteiger partial charge in [-0.1, -0.05) is 12.8 Å². The summed E-state index contributed by atoms with van der Waals surface area (Å²) in [4.78, 5) is 34.1. The SMILES string of the molecule is CCNC(=NCC1CCCCN1C(=O)OC(C)(C)C)NC1CCN(C(=O)C2CCCC2)C1.I. The van der Waals surface area contributed by atoms with Crippen molar-refractivity contribution in [2.45, 2.75) is 96.7 Å². The number of ether oxygens (including phenoxy) is 1. The number of likely N-dealkylation sites (tertiary alicyclic amines) is 2. The normalized spacial score (nSPS) is 24.4. The number of piperidine rings is 1. The Bertz CT molecular complexity index is 676. The molecule has 0 aromatic rings. The van der Waals surface area contributed by atoms with E-state index in [-0.39, 0.29) is 48.1 Å². The number of hydrogen-bond acceptors (Lipinski definition) is 4. The summed E-state index contributed by atoms with van der Waals surface area (Å²) in [5, 5.41) is 6.86. The number of aliphatic imine (C=N–C) groups is 1. The van der Waals surface area contributed by atoms with Crippen LogP contribution in [0.1, 0.15) is 79.1 Å². The van der Waals surface area contributed by atoms with Gasteiger partial charge in [-0.25, -0.2) is 4.79 Å². The number of nitrogens with one attached hydrogen (secondary N) is 2. The lowest BCUT2D eigenvalue weighted by molar-refractivity contribution is -0.134. The van der Waals surface area contributed by atoms with Gasteiger partial charge in [0.25, 0.3) is 0 Å². The zero-order valence-corrected chi connectivity index (χ0v) is 23.2. The van der Waals surface area contributed by atoms with Crippen molar-refractivity contribution in [3.63, 3.8) is 0 Å². The molecule has 0 radical (unpaired) electrons. The van der Waals surface area contributed by atoms with Gasteiger partial charge in [0.05, 0.1) is 12.6 Å². The highest BCUT2D eigenvalue weighted by atomic mass is 127. The van der Waals surface area contributed by atoms with Crippen LogP contribution in [0.3, 0.4) is 0 Å². The molecule has 3 fully saturated rings. The van der Waals surface area contributed by atoms with Crippen molar-refractivity contribution in [2.75, 3.05) is 32.7 Å². The molecule has 8 nitrogen and oxygen atoms in total. The Balaban J connectivity index is 0.00000385. The lowest BCUT2D eigenvalue weighted by Crippen LogP contribution is -2.49. The summed E-state index contributed by atoms with van der Waals surface area (Å²) in [5.74, 6) is 1.34. The molecule has 2 heterocycles. The average molecular weight is 578 g/mol. The molecule has 0 aromatic carbocycles. The Kier molecular flexibility index (Phi) is 11.0. The summed E-state index contributed by atoms with van der Waals surface area (Å²) in [6, 6.07) is 0.268. The van der Waals surface area contributed by atoms with Gasteiger partial charge in [-0.3, -0.25) is 9.79 Å². The van der Waals surface area contributed by atoms with Crippen molar-refractivity contribution in [3.05, 3.63) is 0 Å². The summed E-state index contributed by atoms with van der Waals surface area (Å²) in [6.45, 7) is 11.4. The molecule has 0 spiro atoms. The fourth-order valence-corrected chi connectivity index (χ4v) is 4.97. The van der Waals surface area contributed by atoms with Gasteiger partial charge < -0.3 is 25.2 Å². The largest absolute Gasteiger partial charge is 0.444 e. The maximum Gasteiger partial charge on any atom is 0.410 e. The van der Waals surface area contributed by atoms with Crippen molar-refractivity contribution < 1.29 is 14.3 Å². The summed E-state index contributed by atoms with van der Waals surface area (Å²) >= 11 is 0. The molecule has 2 N–H and O–H groups in total. The van der Waals surface area contributed by atoms with Crippen LogP contribution in [-0.4, -0.2) is 78.2 Å². The van der Waals surface area contributed by atoms with Gasteiger partial charge in [-0.05, 0) is 66.2 Å². The van der Waals surface area contributed by atoms with Crippen LogP contribution in [0, 0.1) is 5.92 Å². The standard InChI is InChI=1S/C24H43N5O3.HI/c1-5-25-22(27-19-13-15-28(17-19)21(30)18-10-6-7-11-18)26-16-20-12-8-9-14-29(20)23(31)32-24(2,3)4;/h18-20H,5-17H2,1-4H3,(H2,25,26,27);1H. The van der Waals surface area contributed by atoms with Crippen LogP contribution >= 0.6 is 24.0 Å². The fourth-order valence-electron chi connectivity index (χ4n) is 4.97. The van der Waals surface area contributed by atoms with E-state index in [0.717, 1.165) is 70.7 Å². The molecule has 2 aliphatic heterocycles. The van der Waals surface area contributed by atoms with Gasteiger partial charge in [-0.15, -0.1) is 24.0 Å². The number of amides is 2. The number of carbonyl (C=O) groups is 2. The van der Waals surface area contributed by atoms with E-state index in [1.165, 1.54) is 12.8 Å². The van der Waals surface area contributed by atoms with E-state index in [4.69, 9.17) is 9.73 Å². The molecule has 190 valence electrons. The zero-order valence-electron chi connectivity index (χ0n) is 20.9. The quantitative estimate of drug-likeness (QED) is 0.296. The predicted molar refractivity (Wildman–Crippen MR) is 142 cm³/mol. The van der Waals surface area contributed by atoms with Crippen molar-refractivity contribution in [2.24, 2.45) is 10.9 Å². The van der Waals surface area contributed by atoms with Crippen LogP contribution in [0.2, 0.25) is 0 Å². The van der Waals surface area contributed by atoms with Crippen LogP contribution in [0.5, 0.6) is 0 Å². The van der Waals surface area contributed by atoms with E-state index in [2.05, 4.69) is 17.6 Å². The van der Waals surface area contributed by atoms with Gasteiger partial charge in [-0.2, -0.15) is 0 Å². The molecule has 2 unspecified atom stereocenters. The molecule has 0 bridgehead atoms. The minimum Gasteiger partial charge on any atom is -0.444 e. The number of nitrogens with zero attached hydrogens (tertiary/aromatic N) is 3. The first-order chi connectivity index (χ1) is 15.3. The number of halogens is 1. The predicted octanol–water partition coefficient (Wildman–Crippen LogP) is 3.74. The second-order valence-electron chi connectivity index (χ2n) is 10.4. The number of hydrogen-bond donors (Lipinski definition) is 2. The smallest absolute Gasteiger partial charge is 0.410 e. The first-order valence-electron chi connectivity index (χ1n) is 12.6. The third-order valence-corrected chi connectivity index (χ3v) is 6.60. The van der Waals surface area contributed by atoms with E-state index in [1.807, 2.05) is 30.6 Å². The second-order valence-corrected chi connectivity index (χ2v) is 10.4. The number of carbonyl (C=O) groups excluding carboxylic acids is 2. The molecule has 1 saturated carbocycles. The highest BCUT2D eigenvalue weighted by Crippen LogP contribution is 2.28. The Hall–Kier alpha value is -1.26. The molecular formula is C24H44IN5O3. The van der Waals surface area contributed by atoms with Crippen LogP contribution < -0.4 is 10.6 Å². The van der Waals surface area contributed by atoms with Gasteiger partial charge in [0.2, 0.25) is 5.91 Å². The van der Waals surface area contributed by atoms with E-state index in [9.17, 15) is 9.59 Å². The molecule has 3 rings (SSSR count). The second kappa shape index (κ2) is 13.0. The molecule has 33 heavy (non-hydrogen) atoms. The van der Waals surface area contributed by atoms with Gasteiger partial charge >= 0.3 is 6.09 Å². The van der Waals surface area contributed by atoms with Crippen LogP contribution in [0.25, 0.3) is 0 Å². The third kappa shape index (κ3) is 8.47. The minimum absolute atomic E-state index is 0. The highest BCUT2D eigenvalue weighted by Gasteiger charge is 2.33. The molecule has 3 aliphatic rings. The van der Waals surface area contributed by atoms with E-state index in [1.54, 1.807) is 0 Å². The summed E-state index contributed by atoms with van der Waals surface area (Å²) in [6.07, 6.45) is 8.21. The Morgan fingerprint density at radius 1 is 1.03 bits per heavy atom. The molecule has 2 amide bonds. The maximum absolute atomic E-state index is 12.7. The van der Waals surface area contributed by atoms with Crippen LogP contribution in [0.4, 0.5) is 4.79 Å². The Morgan fingerprint density at radius 2 is 1.73 bits per heavy atom. The van der Waals surface area contributed by atoms with E-state index in [0.29, 0.717) is 12.5 Å². The first-order valence-corrected chi connectivity index (χ1v) is 12.6. The van der Waals surface area contributed by atoms with Crippen molar-refractivity contribution >= 4 is 41.9 Å². The van der Waals surface area contributed by atoms with Crippen LogP contribution in [-0.2, 0) is 9.53 Å². The molecule has 1 aliphatic carbocycles. The van der Waals surface area contributed by atoms with Gasteiger partial charge in [0, 0.05) is 38.1 Å². The zero-order chi connectivity index (χ0) is 23.1. The summed E-state index contributed by atoms with van der Waals surface area (Å²) in [5.41, 5.74) is -0.497. The average Bonchev–Trinajstić information content (AvgIpc) is 3.43. The Morgan fingerprint density at radius 3 is 2.39 bits per heavy atom. The first kappa shape index (κ1) is 28.0. The molecule has 2 atom stereocenters. The van der Waals surface area contributed by atoms with Gasteiger partial charge in [0.1, 0.15) is 5.60 Å². The fraction of sp³-hybridized carbons (Fsp3) is 0.875. The lowest BCUT2D eigenvalue weighted by atomic mass is 10.0. The minimum atomic E-state index is -0.497.